The van der Waals surface area contributed by atoms with E-state index in [4.69, 9.17) is 33.2 Å². The average Bonchev–Trinajstić information content (AvgIpc) is 3.17. The SMILES string of the molecule is C=C[C@H]1O[C@H](OC)[C@H]2OC(C)(C)O[C@H]2[C@@H]1Oc1cc2c(cc1Br)OCO2. The first-order valence-electron chi connectivity index (χ1n) is 8.34. The Balaban J connectivity index is 1.64. The molecule has 0 N–H and O–H groups in total. The summed E-state index contributed by atoms with van der Waals surface area (Å²) in [5.41, 5.74) is 0. The molecule has 0 spiro atoms. The van der Waals surface area contributed by atoms with Crippen molar-refractivity contribution in [2.45, 2.75) is 50.3 Å². The Bertz CT molecular complexity index is 707. The van der Waals surface area contributed by atoms with E-state index in [9.17, 15) is 0 Å². The Morgan fingerprint density at radius 2 is 1.88 bits per heavy atom. The third kappa shape index (κ3) is 3.10. The van der Waals surface area contributed by atoms with Gasteiger partial charge in [0, 0.05) is 19.2 Å². The van der Waals surface area contributed by atoms with Gasteiger partial charge in [0.25, 0.3) is 0 Å². The Labute approximate surface area is 160 Å². The van der Waals surface area contributed by atoms with Gasteiger partial charge in [-0.05, 0) is 29.8 Å². The first kappa shape index (κ1) is 18.1. The van der Waals surface area contributed by atoms with Crippen molar-refractivity contribution in [3.63, 3.8) is 0 Å². The minimum atomic E-state index is -0.765. The second-order valence-corrected chi connectivity index (χ2v) is 7.58. The number of ether oxygens (including phenoxy) is 7. The summed E-state index contributed by atoms with van der Waals surface area (Å²) >= 11 is 3.52. The summed E-state index contributed by atoms with van der Waals surface area (Å²) in [7, 11) is 1.58. The zero-order chi connectivity index (χ0) is 18.5. The molecule has 2 fully saturated rings. The molecule has 0 amide bonds. The van der Waals surface area contributed by atoms with Gasteiger partial charge in [-0.2, -0.15) is 0 Å². The maximum absolute atomic E-state index is 6.28. The molecule has 2 saturated heterocycles. The van der Waals surface area contributed by atoms with E-state index >= 15 is 0 Å². The van der Waals surface area contributed by atoms with Gasteiger partial charge in [0.15, 0.2) is 29.7 Å². The minimum Gasteiger partial charge on any atom is -0.483 e. The van der Waals surface area contributed by atoms with Crippen LogP contribution < -0.4 is 14.2 Å². The van der Waals surface area contributed by atoms with Gasteiger partial charge < -0.3 is 33.2 Å². The topological polar surface area (TPSA) is 64.6 Å². The van der Waals surface area contributed by atoms with Gasteiger partial charge in [0.1, 0.15) is 24.1 Å². The van der Waals surface area contributed by atoms with Crippen LogP contribution in [-0.2, 0) is 18.9 Å². The molecule has 3 aliphatic heterocycles. The monoisotopic (exact) mass is 428 g/mol. The fourth-order valence-corrected chi connectivity index (χ4v) is 3.84. The van der Waals surface area contributed by atoms with Gasteiger partial charge in [0.05, 0.1) is 4.47 Å². The van der Waals surface area contributed by atoms with E-state index in [0.717, 1.165) is 4.47 Å². The second-order valence-electron chi connectivity index (χ2n) is 6.72. The molecule has 5 atom stereocenters. The maximum Gasteiger partial charge on any atom is 0.231 e. The number of rotatable bonds is 4. The van der Waals surface area contributed by atoms with E-state index in [-0.39, 0.29) is 12.9 Å². The molecule has 0 aliphatic carbocycles. The molecule has 7 nitrogen and oxygen atoms in total. The summed E-state index contributed by atoms with van der Waals surface area (Å²) in [4.78, 5) is 0. The quantitative estimate of drug-likeness (QED) is 0.682. The van der Waals surface area contributed by atoms with Crippen LogP contribution >= 0.6 is 15.9 Å². The lowest BCUT2D eigenvalue weighted by Gasteiger charge is -2.40. The lowest BCUT2D eigenvalue weighted by molar-refractivity contribution is -0.252. The van der Waals surface area contributed by atoms with Crippen LogP contribution in [0.1, 0.15) is 13.8 Å². The van der Waals surface area contributed by atoms with Gasteiger partial charge >= 0.3 is 0 Å². The molecule has 8 heteroatoms. The summed E-state index contributed by atoms with van der Waals surface area (Å²) in [5, 5.41) is 0. The summed E-state index contributed by atoms with van der Waals surface area (Å²) in [5.74, 6) is 1.13. The molecule has 0 saturated carbocycles. The van der Waals surface area contributed by atoms with Crippen molar-refractivity contribution in [2.24, 2.45) is 0 Å². The van der Waals surface area contributed by atoms with E-state index < -0.39 is 30.4 Å². The van der Waals surface area contributed by atoms with Crippen molar-refractivity contribution in [3.8, 4) is 17.2 Å². The van der Waals surface area contributed by atoms with Gasteiger partial charge in [-0.15, -0.1) is 6.58 Å². The molecule has 26 heavy (non-hydrogen) atoms. The predicted octanol–water partition coefficient (Wildman–Crippen LogP) is 3.00. The molecular formula is C18H21BrO7. The lowest BCUT2D eigenvalue weighted by Crippen LogP contribution is -2.58. The standard InChI is InChI=1S/C18H21BrO7/c1-5-10-14(15-16(17(20-4)24-10)26-18(2,3)25-15)23-11-7-13-12(6-9(11)19)21-8-22-13/h5-7,10,14-17H,1,8H2,2-4H3/t10-,14-,15+,16+,17+/m1/s1. The van der Waals surface area contributed by atoms with E-state index in [1.165, 1.54) is 0 Å². The Hall–Kier alpha value is -1.32. The number of benzene rings is 1. The van der Waals surface area contributed by atoms with Gasteiger partial charge in [-0.25, -0.2) is 0 Å². The van der Waals surface area contributed by atoms with Crippen molar-refractivity contribution in [1.82, 2.24) is 0 Å². The number of halogens is 1. The number of hydrogen-bond donors (Lipinski definition) is 0. The smallest absolute Gasteiger partial charge is 0.231 e. The molecule has 3 heterocycles. The molecule has 1 aromatic carbocycles. The molecule has 1 aromatic rings. The lowest BCUT2D eigenvalue weighted by atomic mass is 9.98. The fourth-order valence-electron chi connectivity index (χ4n) is 3.43. The zero-order valence-electron chi connectivity index (χ0n) is 14.8. The van der Waals surface area contributed by atoms with Crippen LogP contribution in [0, 0.1) is 0 Å². The molecule has 0 radical (unpaired) electrons. The van der Waals surface area contributed by atoms with Crippen molar-refractivity contribution in [2.75, 3.05) is 13.9 Å². The van der Waals surface area contributed by atoms with Crippen LogP contribution in [0.3, 0.4) is 0 Å². The number of fused-ring (bicyclic) bond motifs is 2. The van der Waals surface area contributed by atoms with Crippen LogP contribution in [0.25, 0.3) is 0 Å². The van der Waals surface area contributed by atoms with E-state index in [1.807, 2.05) is 19.9 Å². The number of hydrogen-bond acceptors (Lipinski definition) is 7. The zero-order valence-corrected chi connectivity index (χ0v) is 16.4. The molecular weight excluding hydrogens is 408 g/mol. The van der Waals surface area contributed by atoms with Crippen LogP contribution in [0.5, 0.6) is 17.2 Å². The molecule has 4 rings (SSSR count). The highest BCUT2D eigenvalue weighted by Gasteiger charge is 2.56. The predicted molar refractivity (Wildman–Crippen MR) is 94.4 cm³/mol. The summed E-state index contributed by atoms with van der Waals surface area (Å²) in [6, 6.07) is 3.60. The third-order valence-corrected chi connectivity index (χ3v) is 5.15. The highest BCUT2D eigenvalue weighted by atomic mass is 79.9. The molecule has 0 aromatic heterocycles. The highest BCUT2D eigenvalue weighted by molar-refractivity contribution is 9.10. The second kappa shape index (κ2) is 6.69. The van der Waals surface area contributed by atoms with E-state index in [0.29, 0.717) is 17.2 Å². The average molecular weight is 429 g/mol. The Morgan fingerprint density at radius 1 is 1.19 bits per heavy atom. The minimum absolute atomic E-state index is 0.193. The van der Waals surface area contributed by atoms with Gasteiger partial charge in [0.2, 0.25) is 6.79 Å². The van der Waals surface area contributed by atoms with Crippen LogP contribution in [-0.4, -0.2) is 50.4 Å². The number of methoxy groups -OCH3 is 1. The first-order valence-corrected chi connectivity index (χ1v) is 9.13. The molecule has 3 aliphatic rings. The Kier molecular flexibility index (Phi) is 4.65. The van der Waals surface area contributed by atoms with Gasteiger partial charge in [-0.3, -0.25) is 0 Å². The molecule has 0 unspecified atom stereocenters. The first-order chi connectivity index (χ1) is 12.4. The highest BCUT2D eigenvalue weighted by Crippen LogP contribution is 2.44. The van der Waals surface area contributed by atoms with Crippen molar-refractivity contribution in [3.05, 3.63) is 29.3 Å². The van der Waals surface area contributed by atoms with Crippen molar-refractivity contribution in [1.29, 1.82) is 0 Å². The summed E-state index contributed by atoms with van der Waals surface area (Å²) in [6.07, 6.45) is -0.584. The fraction of sp³-hybridized carbons (Fsp3) is 0.556. The van der Waals surface area contributed by atoms with Crippen molar-refractivity contribution < 1.29 is 33.2 Å². The summed E-state index contributed by atoms with van der Waals surface area (Å²) in [6.45, 7) is 7.77. The summed E-state index contributed by atoms with van der Waals surface area (Å²) < 4.78 is 41.3. The molecule has 0 bridgehead atoms. The molecule has 142 valence electrons. The maximum atomic E-state index is 6.28. The van der Waals surface area contributed by atoms with Crippen LogP contribution in [0.15, 0.2) is 29.3 Å². The van der Waals surface area contributed by atoms with Crippen molar-refractivity contribution >= 4 is 15.9 Å². The third-order valence-electron chi connectivity index (χ3n) is 4.53. The van der Waals surface area contributed by atoms with E-state index in [2.05, 4.69) is 22.5 Å². The normalized spacial score (nSPS) is 34.4. The largest absolute Gasteiger partial charge is 0.483 e. The van der Waals surface area contributed by atoms with Crippen LogP contribution in [0.4, 0.5) is 0 Å². The van der Waals surface area contributed by atoms with Gasteiger partial charge in [-0.1, -0.05) is 6.08 Å². The van der Waals surface area contributed by atoms with E-state index in [1.54, 1.807) is 19.3 Å². The Morgan fingerprint density at radius 3 is 2.58 bits per heavy atom. The van der Waals surface area contributed by atoms with Crippen LogP contribution in [0.2, 0.25) is 0 Å².